The molecule has 0 radical (unpaired) electrons. The minimum Gasteiger partial charge on any atom is -0.463 e. The molecule has 2 heterocycles. The van der Waals surface area contributed by atoms with Gasteiger partial charge in [-0.1, -0.05) is 29.4 Å². The van der Waals surface area contributed by atoms with Crippen molar-refractivity contribution in [2.45, 2.75) is 18.6 Å². The Balaban J connectivity index is 1.55. The Morgan fingerprint density at radius 1 is 1.46 bits per heavy atom. The Kier molecular flexibility index (Phi) is 5.75. The van der Waals surface area contributed by atoms with Crippen LogP contribution >= 0.6 is 23.4 Å². The van der Waals surface area contributed by atoms with E-state index in [-0.39, 0.29) is 18.2 Å². The standard InChI is InChI=1S/C17H15ClN4O3S/c1-10-4-5-11(7-13(10)18)20-15(23)8-14-16(24)21-17(26-14)22-19-9-12-3-2-6-25-12/h2-7,9,14H,8H2,1H3,(H,20,23)(H,21,22,24)/t14-/m0/s1. The molecule has 0 spiro atoms. The summed E-state index contributed by atoms with van der Waals surface area (Å²) in [6.45, 7) is 1.88. The summed E-state index contributed by atoms with van der Waals surface area (Å²) < 4.78 is 5.09. The first-order valence-corrected chi connectivity index (χ1v) is 8.95. The Bertz CT molecular complexity index is 880. The molecule has 26 heavy (non-hydrogen) atoms. The van der Waals surface area contributed by atoms with Crippen LogP contribution in [0.4, 0.5) is 5.69 Å². The molecule has 1 aromatic heterocycles. The number of nitrogens with zero attached hydrogens (tertiary/aromatic N) is 2. The van der Waals surface area contributed by atoms with Gasteiger partial charge in [-0.3, -0.25) is 9.59 Å². The molecule has 0 aliphatic carbocycles. The summed E-state index contributed by atoms with van der Waals surface area (Å²) in [5, 5.41) is 13.5. The van der Waals surface area contributed by atoms with Crippen LogP contribution in [0.25, 0.3) is 0 Å². The van der Waals surface area contributed by atoms with Crippen LogP contribution < -0.4 is 10.6 Å². The van der Waals surface area contributed by atoms with Crippen molar-refractivity contribution in [3.05, 3.63) is 52.9 Å². The minimum absolute atomic E-state index is 0.0168. The van der Waals surface area contributed by atoms with E-state index < -0.39 is 5.25 Å². The average Bonchev–Trinajstić information content (AvgIpc) is 3.22. The molecule has 134 valence electrons. The van der Waals surface area contributed by atoms with Crippen molar-refractivity contribution in [2.75, 3.05) is 5.32 Å². The van der Waals surface area contributed by atoms with Crippen molar-refractivity contribution in [1.82, 2.24) is 5.32 Å². The molecule has 7 nitrogen and oxygen atoms in total. The Morgan fingerprint density at radius 2 is 2.31 bits per heavy atom. The van der Waals surface area contributed by atoms with Gasteiger partial charge in [0, 0.05) is 17.1 Å². The van der Waals surface area contributed by atoms with Crippen molar-refractivity contribution in [3.63, 3.8) is 0 Å². The number of amides is 2. The molecule has 0 unspecified atom stereocenters. The zero-order valence-corrected chi connectivity index (χ0v) is 15.3. The topological polar surface area (TPSA) is 96.1 Å². The van der Waals surface area contributed by atoms with E-state index in [0.29, 0.717) is 21.6 Å². The molecule has 1 fully saturated rings. The van der Waals surface area contributed by atoms with E-state index in [0.717, 1.165) is 17.3 Å². The smallest absolute Gasteiger partial charge is 0.240 e. The Hall–Kier alpha value is -2.58. The van der Waals surface area contributed by atoms with Crippen LogP contribution in [-0.2, 0) is 9.59 Å². The van der Waals surface area contributed by atoms with Gasteiger partial charge in [-0.15, -0.1) is 5.10 Å². The number of amidine groups is 1. The number of benzene rings is 1. The molecule has 0 bridgehead atoms. The van der Waals surface area contributed by atoms with Crippen LogP contribution in [0.5, 0.6) is 0 Å². The molecule has 1 aliphatic heterocycles. The van der Waals surface area contributed by atoms with Crippen molar-refractivity contribution >= 4 is 52.2 Å². The molecule has 2 amide bonds. The molecule has 1 saturated heterocycles. The summed E-state index contributed by atoms with van der Waals surface area (Å²) >= 11 is 7.20. The van der Waals surface area contributed by atoms with E-state index in [1.54, 1.807) is 24.3 Å². The second-order valence-electron chi connectivity index (χ2n) is 5.48. The van der Waals surface area contributed by atoms with E-state index in [1.165, 1.54) is 12.5 Å². The number of furan rings is 1. The van der Waals surface area contributed by atoms with E-state index in [9.17, 15) is 9.59 Å². The van der Waals surface area contributed by atoms with Crippen LogP contribution in [0, 0.1) is 6.92 Å². The van der Waals surface area contributed by atoms with Crippen LogP contribution in [0.2, 0.25) is 5.02 Å². The molecule has 1 aromatic carbocycles. The van der Waals surface area contributed by atoms with E-state index in [4.69, 9.17) is 16.0 Å². The lowest BCUT2D eigenvalue weighted by Gasteiger charge is -2.08. The summed E-state index contributed by atoms with van der Waals surface area (Å²) in [6.07, 6.45) is 2.97. The first-order valence-electron chi connectivity index (χ1n) is 7.69. The normalized spacial score (nSPS) is 18.5. The van der Waals surface area contributed by atoms with Gasteiger partial charge in [0.2, 0.25) is 11.8 Å². The largest absolute Gasteiger partial charge is 0.463 e. The molecule has 3 rings (SSSR count). The molecular formula is C17H15ClN4O3S. The number of carbonyl (C=O) groups is 2. The summed E-state index contributed by atoms with van der Waals surface area (Å²) in [4.78, 5) is 24.1. The first kappa shape index (κ1) is 18.2. The van der Waals surface area contributed by atoms with Gasteiger partial charge in [-0.2, -0.15) is 5.10 Å². The number of rotatable bonds is 5. The number of aryl methyl sites for hydroxylation is 1. The highest BCUT2D eigenvalue weighted by atomic mass is 35.5. The van der Waals surface area contributed by atoms with Crippen LogP contribution in [-0.4, -0.2) is 28.4 Å². The van der Waals surface area contributed by atoms with Gasteiger partial charge in [-0.25, -0.2) is 0 Å². The molecule has 0 saturated carbocycles. The monoisotopic (exact) mass is 390 g/mol. The SMILES string of the molecule is Cc1ccc(NC(=O)C[C@@H]2S/C(=N/N=Cc3ccco3)NC2=O)cc1Cl. The number of carbonyl (C=O) groups excluding carboxylic acids is 2. The number of thioether (sulfide) groups is 1. The van der Waals surface area contributed by atoms with Gasteiger partial charge < -0.3 is 15.1 Å². The van der Waals surface area contributed by atoms with Gasteiger partial charge in [0.15, 0.2) is 5.17 Å². The highest BCUT2D eigenvalue weighted by molar-refractivity contribution is 8.15. The predicted molar refractivity (Wildman–Crippen MR) is 103 cm³/mol. The maximum atomic E-state index is 12.2. The lowest BCUT2D eigenvalue weighted by atomic mass is 10.2. The van der Waals surface area contributed by atoms with Crippen molar-refractivity contribution in [1.29, 1.82) is 0 Å². The molecular weight excluding hydrogens is 376 g/mol. The maximum Gasteiger partial charge on any atom is 0.240 e. The summed E-state index contributed by atoms with van der Waals surface area (Å²) in [6, 6.07) is 8.71. The Morgan fingerprint density at radius 3 is 3.04 bits per heavy atom. The molecule has 2 aromatic rings. The first-order chi connectivity index (χ1) is 12.5. The van der Waals surface area contributed by atoms with Gasteiger partial charge in [-0.05, 0) is 36.8 Å². The van der Waals surface area contributed by atoms with Crippen LogP contribution in [0.3, 0.4) is 0 Å². The number of nitrogens with one attached hydrogen (secondary N) is 2. The number of hydrogen-bond donors (Lipinski definition) is 2. The van der Waals surface area contributed by atoms with E-state index >= 15 is 0 Å². The molecule has 9 heteroatoms. The third-order valence-corrected chi connectivity index (χ3v) is 4.96. The summed E-state index contributed by atoms with van der Waals surface area (Å²) in [5.41, 5.74) is 1.51. The third kappa shape index (κ3) is 4.74. The fourth-order valence-corrected chi connectivity index (χ4v) is 3.25. The minimum atomic E-state index is -0.562. The Labute approximate surface area is 158 Å². The van der Waals surface area contributed by atoms with Crippen LogP contribution in [0.1, 0.15) is 17.7 Å². The number of hydrogen-bond acceptors (Lipinski definition) is 6. The number of halogens is 1. The molecule has 1 aliphatic rings. The second kappa shape index (κ2) is 8.20. The van der Waals surface area contributed by atoms with Crippen molar-refractivity contribution in [2.24, 2.45) is 10.2 Å². The fraction of sp³-hybridized carbons (Fsp3) is 0.176. The summed E-state index contributed by atoms with van der Waals surface area (Å²) in [5.74, 6) is -0.00620. The third-order valence-electron chi connectivity index (χ3n) is 3.48. The van der Waals surface area contributed by atoms with Crippen molar-refractivity contribution < 1.29 is 14.0 Å². The quantitative estimate of drug-likeness (QED) is 0.605. The van der Waals surface area contributed by atoms with E-state index in [1.807, 2.05) is 13.0 Å². The lowest BCUT2D eigenvalue weighted by Crippen LogP contribution is -2.28. The summed E-state index contributed by atoms with van der Waals surface area (Å²) in [7, 11) is 0. The zero-order chi connectivity index (χ0) is 18.5. The van der Waals surface area contributed by atoms with Crippen LogP contribution in [0.15, 0.2) is 51.2 Å². The zero-order valence-electron chi connectivity index (χ0n) is 13.7. The maximum absolute atomic E-state index is 12.2. The van der Waals surface area contributed by atoms with Gasteiger partial charge >= 0.3 is 0 Å². The number of anilines is 1. The second-order valence-corrected chi connectivity index (χ2v) is 7.08. The molecule has 2 N–H and O–H groups in total. The van der Waals surface area contributed by atoms with Gasteiger partial charge in [0.1, 0.15) is 11.0 Å². The fourth-order valence-electron chi connectivity index (χ4n) is 2.14. The van der Waals surface area contributed by atoms with Gasteiger partial charge in [0.05, 0.1) is 12.5 Å². The average molecular weight is 391 g/mol. The predicted octanol–water partition coefficient (Wildman–Crippen LogP) is 3.19. The molecule has 1 atom stereocenters. The van der Waals surface area contributed by atoms with E-state index in [2.05, 4.69) is 20.8 Å². The highest BCUT2D eigenvalue weighted by Gasteiger charge is 2.32. The lowest BCUT2D eigenvalue weighted by molar-refractivity contribution is -0.122. The van der Waals surface area contributed by atoms with Gasteiger partial charge in [0.25, 0.3) is 0 Å². The highest BCUT2D eigenvalue weighted by Crippen LogP contribution is 2.24. The van der Waals surface area contributed by atoms with Crippen molar-refractivity contribution in [3.8, 4) is 0 Å².